The van der Waals surface area contributed by atoms with Gasteiger partial charge in [-0.15, -0.1) is 0 Å². The van der Waals surface area contributed by atoms with Gasteiger partial charge in [0.15, 0.2) is 4.91 Å². The number of hydrogen-bond donors (Lipinski definition) is 1. The van der Waals surface area contributed by atoms with Gasteiger partial charge >= 0.3 is 5.72 Å². The Labute approximate surface area is 121 Å². The largest absolute Gasteiger partial charge is 0.348 e. The molecule has 2 rings (SSSR count). The molecular weight excluding hydrogens is 274 g/mol. The summed E-state index contributed by atoms with van der Waals surface area (Å²) < 4.78 is 0. The van der Waals surface area contributed by atoms with Crippen molar-refractivity contribution in [3.63, 3.8) is 0 Å². The first-order valence-electron chi connectivity index (χ1n) is 6.38. The second kappa shape index (κ2) is 5.81. The molecule has 0 saturated carbocycles. The molecule has 0 amide bonds. The molecule has 3 atom stereocenters. The van der Waals surface area contributed by atoms with Crippen molar-refractivity contribution in [2.45, 2.75) is 18.4 Å². The first-order chi connectivity index (χ1) is 9.43. The van der Waals surface area contributed by atoms with E-state index in [4.69, 9.17) is 0 Å². The Morgan fingerprint density at radius 3 is 2.60 bits per heavy atom. The van der Waals surface area contributed by atoms with Crippen LogP contribution in [-0.4, -0.2) is 22.0 Å². The predicted molar refractivity (Wildman–Crippen MR) is 81.8 cm³/mol. The summed E-state index contributed by atoms with van der Waals surface area (Å²) in [6, 6.07) is 10.1. The fourth-order valence-electron chi connectivity index (χ4n) is 2.15. The third-order valence-electron chi connectivity index (χ3n) is 3.50. The quantitative estimate of drug-likeness (QED) is 0.401. The molecule has 0 aliphatic heterocycles. The van der Waals surface area contributed by atoms with Crippen molar-refractivity contribution in [3.8, 4) is 0 Å². The summed E-state index contributed by atoms with van der Waals surface area (Å²) in [7, 11) is -0.0340. The lowest BCUT2D eigenvalue weighted by Gasteiger charge is -2.23. The summed E-state index contributed by atoms with van der Waals surface area (Å²) in [6.07, 6.45) is 6.93. The highest BCUT2D eigenvalue weighted by Gasteiger charge is 2.46. The minimum absolute atomic E-state index is 0.0340. The molecule has 0 aromatic heterocycles. The normalized spacial score (nSPS) is 26.9. The monoisotopic (exact) mass is 292 g/mol. The summed E-state index contributed by atoms with van der Waals surface area (Å²) in [5.41, 5.74) is -0.726. The number of aliphatic hydroxyl groups is 1. The zero-order valence-corrected chi connectivity index (χ0v) is 12.3. The summed E-state index contributed by atoms with van der Waals surface area (Å²) in [5, 5.41) is 20.9. The van der Waals surface area contributed by atoms with Crippen LogP contribution in [0.1, 0.15) is 12.5 Å². The molecule has 106 valence electrons. The second-order valence-corrected chi connectivity index (χ2v) is 7.03. The predicted octanol–water partition coefficient (Wildman–Crippen LogP) is 2.49. The molecule has 4 nitrogen and oxygen atoms in total. The van der Waals surface area contributed by atoms with Gasteiger partial charge in [-0.3, -0.25) is 10.1 Å². The van der Waals surface area contributed by atoms with E-state index in [2.05, 4.69) is 18.4 Å². The molecule has 1 aromatic carbocycles. The molecule has 5 heteroatoms. The van der Waals surface area contributed by atoms with Crippen LogP contribution in [0, 0.1) is 16.0 Å². The average Bonchev–Trinajstić information content (AvgIpc) is 2.42. The first-order valence-corrected chi connectivity index (χ1v) is 8.18. The van der Waals surface area contributed by atoms with Gasteiger partial charge in [-0.25, -0.2) is 0 Å². The number of nitro groups is 1. The van der Waals surface area contributed by atoms with Crippen molar-refractivity contribution in [1.29, 1.82) is 0 Å². The summed E-state index contributed by atoms with van der Waals surface area (Å²) in [6.45, 7) is 1.67. The zero-order valence-electron chi connectivity index (χ0n) is 11.5. The van der Waals surface area contributed by atoms with Crippen molar-refractivity contribution in [1.82, 2.24) is 0 Å². The van der Waals surface area contributed by atoms with Crippen molar-refractivity contribution in [2.75, 3.05) is 6.26 Å². The van der Waals surface area contributed by atoms with Crippen molar-refractivity contribution < 1.29 is 10.0 Å². The number of rotatable bonds is 4. The maximum absolute atomic E-state index is 10.9. The van der Waals surface area contributed by atoms with Crippen LogP contribution in [0.3, 0.4) is 0 Å². The highest BCUT2D eigenvalue weighted by Crippen LogP contribution is 2.30. The molecule has 0 fully saturated rings. The molecular formula is C15H18NO3S+. The Bertz CT molecular complexity index is 555. The molecule has 0 saturated heterocycles. The van der Waals surface area contributed by atoms with Crippen LogP contribution in [0.25, 0.3) is 0 Å². The number of allylic oxidation sites excluding steroid dienone is 1. The van der Waals surface area contributed by atoms with Crippen LogP contribution in [0.4, 0.5) is 0 Å². The van der Waals surface area contributed by atoms with Crippen LogP contribution >= 0.6 is 0 Å². The third kappa shape index (κ3) is 2.94. The highest BCUT2D eigenvalue weighted by molar-refractivity contribution is 7.99. The van der Waals surface area contributed by atoms with Gasteiger partial charge in [-0.2, -0.15) is 0 Å². The topological polar surface area (TPSA) is 63.4 Å². The lowest BCUT2D eigenvalue weighted by atomic mass is 9.93. The Morgan fingerprint density at radius 2 is 2.05 bits per heavy atom. The number of nitrogens with zero attached hydrogens (tertiary/aromatic N) is 1. The van der Waals surface area contributed by atoms with E-state index in [0.29, 0.717) is 0 Å². The first kappa shape index (κ1) is 14.8. The molecule has 1 aliphatic rings. The fraction of sp³-hybridized carbons (Fsp3) is 0.333. The van der Waals surface area contributed by atoms with Gasteiger partial charge in [-0.05, 0) is 19.1 Å². The lowest BCUT2D eigenvalue weighted by molar-refractivity contribution is -0.616. The van der Waals surface area contributed by atoms with E-state index in [0.717, 1.165) is 10.7 Å². The molecule has 0 bridgehead atoms. The van der Waals surface area contributed by atoms with Gasteiger partial charge in [0.1, 0.15) is 12.0 Å². The number of benzene rings is 1. The molecule has 0 spiro atoms. The van der Waals surface area contributed by atoms with E-state index in [1.54, 1.807) is 13.0 Å². The second-order valence-electron chi connectivity index (χ2n) is 5.00. The maximum atomic E-state index is 10.9. The summed E-state index contributed by atoms with van der Waals surface area (Å²) in [5.74, 6) is 0.379. The Hall–Kier alpha value is -1.59. The summed E-state index contributed by atoms with van der Waals surface area (Å²) in [4.78, 5) is 11.4. The molecule has 3 unspecified atom stereocenters. The van der Waals surface area contributed by atoms with Crippen LogP contribution in [-0.2, 0) is 16.6 Å². The van der Waals surface area contributed by atoms with Gasteiger partial charge in [0.2, 0.25) is 0 Å². The number of hydrogen-bond acceptors (Lipinski definition) is 3. The fourth-order valence-corrected chi connectivity index (χ4v) is 3.74. The standard InChI is InChI=1S/C15H18NO3S/c1-12-10-14(8-9-15(12,17)16(18)19)20(2)11-13-6-4-3-5-7-13/h3-10,12,17H,11H2,1-2H3/q+1. The van der Waals surface area contributed by atoms with E-state index in [1.807, 2.05) is 24.3 Å². The van der Waals surface area contributed by atoms with Gasteiger partial charge in [0, 0.05) is 22.5 Å². The van der Waals surface area contributed by atoms with E-state index >= 15 is 0 Å². The Kier molecular flexibility index (Phi) is 4.30. The molecule has 0 radical (unpaired) electrons. The lowest BCUT2D eigenvalue weighted by Crippen LogP contribution is -2.43. The smallest absolute Gasteiger partial charge is 0.327 e. The van der Waals surface area contributed by atoms with Gasteiger partial charge in [0.05, 0.1) is 10.8 Å². The average molecular weight is 292 g/mol. The van der Waals surface area contributed by atoms with E-state index < -0.39 is 16.6 Å². The van der Waals surface area contributed by atoms with E-state index in [9.17, 15) is 15.2 Å². The van der Waals surface area contributed by atoms with E-state index in [-0.39, 0.29) is 10.9 Å². The SMILES string of the molecule is CC1C=C([S+](C)Cc2ccccc2)C=CC1(O)[N+](=O)[O-]. The third-order valence-corrected chi connectivity index (χ3v) is 5.34. The molecule has 1 aromatic rings. The van der Waals surface area contributed by atoms with E-state index in [1.165, 1.54) is 11.6 Å². The highest BCUT2D eigenvalue weighted by atomic mass is 32.2. The van der Waals surface area contributed by atoms with Crippen molar-refractivity contribution >= 4 is 10.9 Å². The van der Waals surface area contributed by atoms with Crippen LogP contribution in [0.15, 0.2) is 53.5 Å². The van der Waals surface area contributed by atoms with Crippen LogP contribution < -0.4 is 0 Å². The molecule has 0 heterocycles. The molecule has 1 N–H and O–H groups in total. The minimum atomic E-state index is -1.97. The van der Waals surface area contributed by atoms with Gasteiger partial charge in [-0.1, -0.05) is 30.3 Å². The minimum Gasteiger partial charge on any atom is -0.327 e. The van der Waals surface area contributed by atoms with Crippen LogP contribution in [0.5, 0.6) is 0 Å². The molecule has 20 heavy (non-hydrogen) atoms. The van der Waals surface area contributed by atoms with Crippen molar-refractivity contribution in [2.24, 2.45) is 5.92 Å². The Morgan fingerprint density at radius 1 is 1.40 bits per heavy atom. The van der Waals surface area contributed by atoms with Gasteiger partial charge in [0.25, 0.3) is 0 Å². The van der Waals surface area contributed by atoms with Crippen LogP contribution in [0.2, 0.25) is 0 Å². The van der Waals surface area contributed by atoms with Gasteiger partial charge < -0.3 is 5.11 Å². The Balaban J connectivity index is 2.12. The summed E-state index contributed by atoms with van der Waals surface area (Å²) >= 11 is 0. The maximum Gasteiger partial charge on any atom is 0.348 e. The van der Waals surface area contributed by atoms with Crippen molar-refractivity contribution in [3.05, 3.63) is 69.1 Å². The zero-order chi connectivity index (χ0) is 14.8. The molecule has 1 aliphatic carbocycles.